The molecule has 1 aliphatic rings. The van der Waals surface area contributed by atoms with Crippen molar-refractivity contribution in [2.45, 2.75) is 43.9 Å². The van der Waals surface area contributed by atoms with E-state index < -0.39 is 6.10 Å². The largest absolute Gasteiger partial charge is 0.392 e. The minimum Gasteiger partial charge on any atom is -0.392 e. The van der Waals surface area contributed by atoms with E-state index in [-0.39, 0.29) is 18.0 Å². The Balaban J connectivity index is 1.83. The number of hydrogen-bond donors (Lipinski definition) is 3. The third kappa shape index (κ3) is 3.51. The second kappa shape index (κ2) is 6.27. The Labute approximate surface area is 107 Å². The van der Waals surface area contributed by atoms with Crippen LogP contribution in [0, 0.1) is 5.82 Å². The van der Waals surface area contributed by atoms with E-state index in [1.165, 1.54) is 12.1 Å². The summed E-state index contributed by atoms with van der Waals surface area (Å²) in [6.45, 7) is 0.382. The maximum absolute atomic E-state index is 12.7. The van der Waals surface area contributed by atoms with E-state index in [1.807, 2.05) is 0 Å². The number of hydrogen-bond acceptors (Lipinski definition) is 3. The van der Waals surface area contributed by atoms with Gasteiger partial charge in [0.1, 0.15) is 5.82 Å². The molecule has 0 aromatic heterocycles. The number of halogens is 1. The molecular formula is C14H20FNO2. The zero-order chi connectivity index (χ0) is 13.0. The van der Waals surface area contributed by atoms with Crippen LogP contribution in [-0.2, 0) is 0 Å². The minimum absolute atomic E-state index is 0.0637. The van der Waals surface area contributed by atoms with Gasteiger partial charge >= 0.3 is 0 Å². The van der Waals surface area contributed by atoms with Crippen LogP contribution in [0.4, 0.5) is 4.39 Å². The van der Waals surface area contributed by atoms with Gasteiger partial charge in [0.05, 0.1) is 12.2 Å². The highest BCUT2D eigenvalue weighted by molar-refractivity contribution is 5.18. The van der Waals surface area contributed by atoms with Crippen molar-refractivity contribution in [2.24, 2.45) is 0 Å². The maximum atomic E-state index is 12.7. The molecule has 0 saturated heterocycles. The molecular weight excluding hydrogens is 233 g/mol. The third-order valence-electron chi connectivity index (χ3n) is 3.56. The van der Waals surface area contributed by atoms with Gasteiger partial charge in [-0.3, -0.25) is 0 Å². The first-order valence-corrected chi connectivity index (χ1v) is 6.52. The van der Waals surface area contributed by atoms with Gasteiger partial charge in [-0.1, -0.05) is 25.0 Å². The van der Waals surface area contributed by atoms with Gasteiger partial charge in [0.15, 0.2) is 0 Å². The Bertz CT molecular complexity index is 369. The highest BCUT2D eigenvalue weighted by Crippen LogP contribution is 2.19. The molecule has 3 nitrogen and oxygen atoms in total. The summed E-state index contributed by atoms with van der Waals surface area (Å²) in [5.41, 5.74) is 0.689. The molecule has 1 aromatic rings. The van der Waals surface area contributed by atoms with E-state index >= 15 is 0 Å². The summed E-state index contributed by atoms with van der Waals surface area (Å²) in [7, 11) is 0. The molecule has 0 heterocycles. The Morgan fingerprint density at radius 3 is 2.56 bits per heavy atom. The number of aliphatic hydroxyl groups is 2. The molecule has 3 N–H and O–H groups in total. The Kier molecular flexibility index (Phi) is 4.69. The number of rotatable bonds is 4. The minimum atomic E-state index is -0.667. The van der Waals surface area contributed by atoms with E-state index in [1.54, 1.807) is 12.1 Å². The molecule has 1 aromatic carbocycles. The maximum Gasteiger partial charge on any atom is 0.123 e. The SMILES string of the molecule is OC(CNC1CCCCC1O)c1ccc(F)cc1. The predicted octanol–water partition coefficient (Wildman–Crippen LogP) is 1.75. The fourth-order valence-corrected chi connectivity index (χ4v) is 2.42. The molecule has 0 aliphatic heterocycles. The van der Waals surface area contributed by atoms with Gasteiger partial charge in [0, 0.05) is 12.6 Å². The molecule has 1 saturated carbocycles. The summed E-state index contributed by atoms with van der Waals surface area (Å²) in [5, 5.41) is 22.9. The predicted molar refractivity (Wildman–Crippen MR) is 67.6 cm³/mol. The van der Waals surface area contributed by atoms with Crippen molar-refractivity contribution in [3.8, 4) is 0 Å². The van der Waals surface area contributed by atoms with E-state index in [9.17, 15) is 14.6 Å². The van der Waals surface area contributed by atoms with Crippen LogP contribution in [0.5, 0.6) is 0 Å². The summed E-state index contributed by atoms with van der Waals surface area (Å²) in [6.07, 6.45) is 2.96. The van der Waals surface area contributed by atoms with Crippen LogP contribution >= 0.6 is 0 Å². The third-order valence-corrected chi connectivity index (χ3v) is 3.56. The van der Waals surface area contributed by atoms with Crippen molar-refractivity contribution < 1.29 is 14.6 Å². The molecule has 0 radical (unpaired) electrons. The average molecular weight is 253 g/mol. The molecule has 2 rings (SSSR count). The van der Waals surface area contributed by atoms with Crippen LogP contribution < -0.4 is 5.32 Å². The lowest BCUT2D eigenvalue weighted by molar-refractivity contribution is 0.0797. The van der Waals surface area contributed by atoms with Crippen LogP contribution in [0.2, 0.25) is 0 Å². The van der Waals surface area contributed by atoms with Gasteiger partial charge in [-0.2, -0.15) is 0 Å². The normalized spacial score (nSPS) is 25.9. The van der Waals surface area contributed by atoms with Gasteiger partial charge in [-0.05, 0) is 30.5 Å². The summed E-state index contributed by atoms with van der Waals surface area (Å²) in [5.74, 6) is -0.304. The van der Waals surface area contributed by atoms with Gasteiger partial charge in [-0.25, -0.2) is 4.39 Å². The molecule has 0 amide bonds. The number of benzene rings is 1. The average Bonchev–Trinajstić information content (AvgIpc) is 2.38. The molecule has 0 bridgehead atoms. The van der Waals surface area contributed by atoms with Crippen LogP contribution in [0.1, 0.15) is 37.4 Å². The zero-order valence-electron chi connectivity index (χ0n) is 10.3. The first kappa shape index (κ1) is 13.5. The first-order chi connectivity index (χ1) is 8.66. The van der Waals surface area contributed by atoms with Gasteiger partial charge in [0.25, 0.3) is 0 Å². The van der Waals surface area contributed by atoms with Crippen molar-refractivity contribution in [1.82, 2.24) is 5.32 Å². The fourth-order valence-electron chi connectivity index (χ4n) is 2.42. The molecule has 3 unspecified atom stereocenters. The molecule has 3 atom stereocenters. The van der Waals surface area contributed by atoms with E-state index in [0.29, 0.717) is 12.1 Å². The topological polar surface area (TPSA) is 52.5 Å². The van der Waals surface area contributed by atoms with Crippen molar-refractivity contribution in [3.05, 3.63) is 35.6 Å². The summed E-state index contributed by atoms with van der Waals surface area (Å²) < 4.78 is 12.7. The molecule has 18 heavy (non-hydrogen) atoms. The Morgan fingerprint density at radius 1 is 1.22 bits per heavy atom. The molecule has 1 aliphatic carbocycles. The van der Waals surface area contributed by atoms with Crippen LogP contribution in [0.25, 0.3) is 0 Å². The second-order valence-electron chi connectivity index (χ2n) is 4.93. The summed E-state index contributed by atoms with van der Waals surface area (Å²) in [6, 6.07) is 5.91. The van der Waals surface area contributed by atoms with Crippen molar-refractivity contribution >= 4 is 0 Å². The fraction of sp³-hybridized carbons (Fsp3) is 0.571. The van der Waals surface area contributed by atoms with Crippen LogP contribution in [0.3, 0.4) is 0 Å². The quantitative estimate of drug-likeness (QED) is 0.766. The molecule has 4 heteroatoms. The smallest absolute Gasteiger partial charge is 0.123 e. The Hall–Kier alpha value is -0.970. The lowest BCUT2D eigenvalue weighted by Gasteiger charge is -2.29. The highest BCUT2D eigenvalue weighted by Gasteiger charge is 2.23. The van der Waals surface area contributed by atoms with Crippen molar-refractivity contribution in [1.29, 1.82) is 0 Å². The van der Waals surface area contributed by atoms with Gasteiger partial charge in [-0.15, -0.1) is 0 Å². The molecule has 100 valence electrons. The summed E-state index contributed by atoms with van der Waals surface area (Å²) >= 11 is 0. The molecule has 0 spiro atoms. The van der Waals surface area contributed by atoms with Gasteiger partial charge < -0.3 is 15.5 Å². The highest BCUT2D eigenvalue weighted by atomic mass is 19.1. The van der Waals surface area contributed by atoms with Crippen LogP contribution in [0.15, 0.2) is 24.3 Å². The Morgan fingerprint density at radius 2 is 1.89 bits per heavy atom. The monoisotopic (exact) mass is 253 g/mol. The van der Waals surface area contributed by atoms with E-state index in [2.05, 4.69) is 5.32 Å². The lowest BCUT2D eigenvalue weighted by atomic mass is 9.92. The number of nitrogens with one attached hydrogen (secondary N) is 1. The lowest BCUT2D eigenvalue weighted by Crippen LogP contribution is -2.43. The summed E-state index contributed by atoms with van der Waals surface area (Å²) in [4.78, 5) is 0. The second-order valence-corrected chi connectivity index (χ2v) is 4.93. The molecule has 1 fully saturated rings. The van der Waals surface area contributed by atoms with Crippen molar-refractivity contribution in [2.75, 3.05) is 6.54 Å². The van der Waals surface area contributed by atoms with E-state index in [0.717, 1.165) is 25.7 Å². The van der Waals surface area contributed by atoms with Gasteiger partial charge in [0.2, 0.25) is 0 Å². The number of aliphatic hydroxyl groups excluding tert-OH is 2. The zero-order valence-corrected chi connectivity index (χ0v) is 10.3. The van der Waals surface area contributed by atoms with Crippen molar-refractivity contribution in [3.63, 3.8) is 0 Å². The van der Waals surface area contributed by atoms with Crippen LogP contribution in [-0.4, -0.2) is 28.9 Å². The standard InChI is InChI=1S/C14H20FNO2/c15-11-7-5-10(6-8-11)14(18)9-16-12-3-1-2-4-13(12)17/h5-8,12-14,16-18H,1-4,9H2. The first-order valence-electron chi connectivity index (χ1n) is 6.52. The van der Waals surface area contributed by atoms with E-state index in [4.69, 9.17) is 0 Å².